The number of rotatable bonds is 1. The number of hydrogen-bond acceptors (Lipinski definition) is 1. The highest BCUT2D eigenvalue weighted by atomic mass is 127. The van der Waals surface area contributed by atoms with Gasteiger partial charge in [0.25, 0.3) is 5.24 Å². The molecule has 1 nitrogen and oxygen atoms in total. The van der Waals surface area contributed by atoms with Crippen molar-refractivity contribution in [3.05, 3.63) is 32.4 Å². The van der Waals surface area contributed by atoms with Crippen LogP contribution >= 0.6 is 45.8 Å². The van der Waals surface area contributed by atoms with E-state index < -0.39 is 5.24 Å². The van der Waals surface area contributed by atoms with Gasteiger partial charge in [-0.1, -0.05) is 17.7 Å². The molecule has 1 aromatic carbocycles. The van der Waals surface area contributed by atoms with Crippen LogP contribution in [0.4, 0.5) is 0 Å². The van der Waals surface area contributed by atoms with Crippen LogP contribution in [-0.4, -0.2) is 5.24 Å². The molecule has 0 fully saturated rings. The lowest BCUT2D eigenvalue weighted by Crippen LogP contribution is -1.93. The van der Waals surface area contributed by atoms with Crippen molar-refractivity contribution in [3.8, 4) is 0 Å². The van der Waals surface area contributed by atoms with E-state index in [0.717, 1.165) is 3.57 Å². The van der Waals surface area contributed by atoms with E-state index in [4.69, 9.17) is 23.2 Å². The third-order valence-electron chi connectivity index (χ3n) is 1.16. The lowest BCUT2D eigenvalue weighted by atomic mass is 10.2. The van der Waals surface area contributed by atoms with E-state index in [0.29, 0.717) is 10.6 Å². The van der Waals surface area contributed by atoms with E-state index >= 15 is 0 Å². The molecule has 11 heavy (non-hydrogen) atoms. The molecule has 0 aliphatic heterocycles. The Morgan fingerprint density at radius 2 is 2.09 bits per heavy atom. The van der Waals surface area contributed by atoms with Gasteiger partial charge in [-0.25, -0.2) is 0 Å². The maximum Gasteiger partial charge on any atom is 0.254 e. The molecule has 0 aliphatic carbocycles. The molecule has 4 heteroatoms. The van der Waals surface area contributed by atoms with Crippen molar-refractivity contribution in [3.63, 3.8) is 0 Å². The van der Waals surface area contributed by atoms with Gasteiger partial charge in [0, 0.05) is 3.57 Å². The first-order valence-corrected chi connectivity index (χ1v) is 4.60. The minimum absolute atomic E-state index is 0.386. The summed E-state index contributed by atoms with van der Waals surface area (Å²) in [5.74, 6) is 0. The maximum absolute atomic E-state index is 10.8. The normalized spacial score (nSPS) is 9.73. The summed E-state index contributed by atoms with van der Waals surface area (Å²) in [5, 5.41) is -0.114. The smallest absolute Gasteiger partial charge is 0.254 e. The highest BCUT2D eigenvalue weighted by molar-refractivity contribution is 14.1. The van der Waals surface area contributed by atoms with E-state index in [1.54, 1.807) is 18.2 Å². The first-order valence-electron chi connectivity index (χ1n) is 2.77. The molecule has 0 saturated carbocycles. The van der Waals surface area contributed by atoms with Crippen LogP contribution in [0.2, 0.25) is 5.02 Å². The Kier molecular flexibility index (Phi) is 3.16. The Morgan fingerprint density at radius 3 is 2.45 bits per heavy atom. The van der Waals surface area contributed by atoms with Crippen LogP contribution in [0.1, 0.15) is 10.4 Å². The van der Waals surface area contributed by atoms with E-state index in [-0.39, 0.29) is 0 Å². The molecule has 0 unspecified atom stereocenters. The highest BCUT2D eigenvalue weighted by Crippen LogP contribution is 2.22. The molecule has 0 aromatic heterocycles. The fourth-order valence-corrected chi connectivity index (χ4v) is 2.26. The number of carbonyl (C=O) groups is 1. The summed E-state index contributed by atoms with van der Waals surface area (Å²) in [6.45, 7) is 0. The lowest BCUT2D eigenvalue weighted by molar-refractivity contribution is 0.108. The van der Waals surface area contributed by atoms with Crippen molar-refractivity contribution >= 4 is 51.0 Å². The molecular formula is C7H3Cl2IO. The zero-order valence-electron chi connectivity index (χ0n) is 5.27. The van der Waals surface area contributed by atoms with Crippen molar-refractivity contribution < 1.29 is 4.79 Å². The van der Waals surface area contributed by atoms with E-state index in [9.17, 15) is 4.79 Å². The minimum Gasteiger partial charge on any atom is -0.276 e. The van der Waals surface area contributed by atoms with Crippen LogP contribution in [0.25, 0.3) is 0 Å². The average Bonchev–Trinajstić information content (AvgIpc) is 1.85. The molecule has 0 heterocycles. The number of hydrogen-bond donors (Lipinski definition) is 0. The zero-order valence-corrected chi connectivity index (χ0v) is 8.94. The first kappa shape index (κ1) is 9.29. The molecule has 0 atom stereocenters. The van der Waals surface area contributed by atoms with E-state index in [1.807, 2.05) is 22.6 Å². The van der Waals surface area contributed by atoms with Crippen molar-refractivity contribution in [2.24, 2.45) is 0 Å². The molecule has 0 aliphatic rings. The van der Waals surface area contributed by atoms with Crippen LogP contribution < -0.4 is 0 Å². The van der Waals surface area contributed by atoms with Crippen LogP contribution in [0, 0.1) is 3.57 Å². The second-order valence-electron chi connectivity index (χ2n) is 1.87. The van der Waals surface area contributed by atoms with Gasteiger partial charge in [-0.05, 0) is 46.3 Å². The Labute approximate surface area is 87.8 Å². The molecule has 0 spiro atoms. The van der Waals surface area contributed by atoms with Gasteiger partial charge in [-0.15, -0.1) is 0 Å². The fourth-order valence-electron chi connectivity index (χ4n) is 0.686. The number of halogens is 3. The third-order valence-corrected chi connectivity index (χ3v) is 2.56. The molecule has 0 bridgehead atoms. The standard InChI is InChI=1S/C7H3Cl2IO/c8-4-2-1-3-5(10)6(4)7(9)11/h1-3H. The summed E-state index contributed by atoms with van der Waals surface area (Å²) >= 11 is 13.0. The fraction of sp³-hybridized carbons (Fsp3) is 0. The van der Waals surface area contributed by atoms with Gasteiger partial charge in [0.05, 0.1) is 10.6 Å². The van der Waals surface area contributed by atoms with Gasteiger partial charge < -0.3 is 0 Å². The second-order valence-corrected chi connectivity index (χ2v) is 3.78. The maximum atomic E-state index is 10.8. The SMILES string of the molecule is O=C(Cl)c1c(Cl)cccc1I. The van der Waals surface area contributed by atoms with E-state index in [2.05, 4.69) is 0 Å². The molecule has 0 radical (unpaired) electrons. The predicted molar refractivity (Wildman–Crippen MR) is 54.4 cm³/mol. The first-order chi connectivity index (χ1) is 5.13. The molecular weight excluding hydrogens is 298 g/mol. The molecule has 1 rings (SSSR count). The molecule has 0 N–H and O–H groups in total. The molecule has 0 amide bonds. The summed E-state index contributed by atoms with van der Waals surface area (Å²) < 4.78 is 0.773. The Hall–Kier alpha value is 0.200. The van der Waals surface area contributed by atoms with Crippen LogP contribution in [0.15, 0.2) is 18.2 Å². The van der Waals surface area contributed by atoms with Gasteiger partial charge in [0.15, 0.2) is 0 Å². The highest BCUT2D eigenvalue weighted by Gasteiger charge is 2.10. The monoisotopic (exact) mass is 300 g/mol. The molecule has 0 saturated heterocycles. The summed E-state index contributed by atoms with van der Waals surface area (Å²) in [6, 6.07) is 5.19. The zero-order chi connectivity index (χ0) is 8.43. The van der Waals surface area contributed by atoms with Gasteiger partial charge in [0.1, 0.15) is 0 Å². The van der Waals surface area contributed by atoms with Crippen LogP contribution in [0.5, 0.6) is 0 Å². The van der Waals surface area contributed by atoms with Crippen molar-refractivity contribution in [2.45, 2.75) is 0 Å². The molecule has 1 aromatic rings. The Morgan fingerprint density at radius 1 is 1.45 bits per heavy atom. The average molecular weight is 301 g/mol. The minimum atomic E-state index is -0.514. The van der Waals surface area contributed by atoms with Crippen LogP contribution in [-0.2, 0) is 0 Å². The summed E-state index contributed by atoms with van der Waals surface area (Å²) in [6.07, 6.45) is 0. The second kappa shape index (κ2) is 3.74. The Bertz CT molecular complexity index is 278. The quantitative estimate of drug-likeness (QED) is 0.574. The summed E-state index contributed by atoms with van der Waals surface area (Å²) in [5.41, 5.74) is 0.386. The topological polar surface area (TPSA) is 17.1 Å². The lowest BCUT2D eigenvalue weighted by Gasteiger charge is -1.99. The van der Waals surface area contributed by atoms with Gasteiger partial charge in [-0.3, -0.25) is 4.79 Å². The summed E-state index contributed by atoms with van der Waals surface area (Å²) in [7, 11) is 0. The largest absolute Gasteiger partial charge is 0.276 e. The van der Waals surface area contributed by atoms with Crippen molar-refractivity contribution in [1.29, 1.82) is 0 Å². The van der Waals surface area contributed by atoms with Gasteiger partial charge >= 0.3 is 0 Å². The molecule has 58 valence electrons. The van der Waals surface area contributed by atoms with E-state index in [1.165, 1.54) is 0 Å². The van der Waals surface area contributed by atoms with Crippen molar-refractivity contribution in [1.82, 2.24) is 0 Å². The summed E-state index contributed by atoms with van der Waals surface area (Å²) in [4.78, 5) is 10.8. The number of benzene rings is 1. The van der Waals surface area contributed by atoms with Gasteiger partial charge in [-0.2, -0.15) is 0 Å². The third kappa shape index (κ3) is 2.07. The Balaban J connectivity index is 3.32. The predicted octanol–water partition coefficient (Wildman–Crippen LogP) is 3.32. The van der Waals surface area contributed by atoms with Gasteiger partial charge in [0.2, 0.25) is 0 Å². The van der Waals surface area contributed by atoms with Crippen molar-refractivity contribution in [2.75, 3.05) is 0 Å². The number of carbonyl (C=O) groups excluding carboxylic acids is 1. The van der Waals surface area contributed by atoms with Crippen LogP contribution in [0.3, 0.4) is 0 Å².